The predicted molar refractivity (Wildman–Crippen MR) is 222 cm³/mol. The van der Waals surface area contributed by atoms with Crippen LogP contribution in [0.15, 0.2) is 0 Å². The Balaban J connectivity index is 0. The quantitative estimate of drug-likeness (QED) is 0.0428. The first-order valence-electron chi connectivity index (χ1n) is 20.8. The molecule has 304 valence electrons. The van der Waals surface area contributed by atoms with Crippen molar-refractivity contribution in [2.24, 2.45) is 46.2 Å². The molecule has 14 N–H and O–H groups in total. The first-order chi connectivity index (χ1) is 24.3. The number of nitrogens with one attached hydrogen (secondary N) is 2. The molecule has 0 aliphatic heterocycles. The van der Waals surface area contributed by atoms with Gasteiger partial charge >= 0.3 is 0 Å². The Kier molecular flexibility index (Phi) is 42.6. The van der Waals surface area contributed by atoms with E-state index >= 15 is 0 Å². The van der Waals surface area contributed by atoms with Crippen molar-refractivity contribution in [3.05, 3.63) is 0 Å². The second kappa shape index (κ2) is 41.3. The van der Waals surface area contributed by atoms with Gasteiger partial charge in [-0.3, -0.25) is 0 Å². The van der Waals surface area contributed by atoms with Crippen LogP contribution in [-0.4, -0.2) is 164 Å². The third-order valence-corrected chi connectivity index (χ3v) is 8.75. The Labute approximate surface area is 311 Å². The largest absolute Gasteiger partial charge is 0.330 e. The van der Waals surface area contributed by atoms with E-state index in [1.54, 1.807) is 0 Å². The van der Waals surface area contributed by atoms with Gasteiger partial charge in [0.05, 0.1) is 0 Å². The van der Waals surface area contributed by atoms with Gasteiger partial charge in [-0.05, 0) is 213 Å². The molecule has 0 heterocycles. The second-order valence-electron chi connectivity index (χ2n) is 14.8. The molecule has 0 aliphatic carbocycles. The van der Waals surface area contributed by atoms with Gasteiger partial charge < -0.3 is 64.6 Å². The van der Waals surface area contributed by atoms with Crippen molar-refractivity contribution >= 4 is 0 Å². The molecule has 0 amide bonds. The topological polar surface area (TPSA) is 193 Å². The van der Waals surface area contributed by atoms with E-state index in [9.17, 15) is 0 Å². The third kappa shape index (κ3) is 38.7. The van der Waals surface area contributed by atoms with Crippen LogP contribution in [0.4, 0.5) is 0 Å². The van der Waals surface area contributed by atoms with Crippen molar-refractivity contribution in [2.75, 3.05) is 144 Å². The maximum absolute atomic E-state index is 5.90. The van der Waals surface area contributed by atoms with E-state index in [-0.39, 0.29) is 0 Å². The van der Waals surface area contributed by atoms with E-state index in [0.717, 1.165) is 170 Å². The van der Waals surface area contributed by atoms with Crippen molar-refractivity contribution in [1.82, 2.24) is 30.2 Å². The highest BCUT2D eigenvalue weighted by Crippen LogP contribution is 2.04. The van der Waals surface area contributed by atoms with Crippen molar-refractivity contribution in [2.45, 2.75) is 91.9 Å². The lowest BCUT2D eigenvalue weighted by Gasteiger charge is -2.27. The highest BCUT2D eigenvalue weighted by atomic mass is 15.2. The lowest BCUT2D eigenvalue weighted by atomic mass is 10.2. The summed E-state index contributed by atoms with van der Waals surface area (Å²) < 4.78 is 0. The third-order valence-electron chi connectivity index (χ3n) is 8.75. The van der Waals surface area contributed by atoms with Crippen LogP contribution in [0.1, 0.15) is 91.9 Å². The number of hydrogen-bond acceptors (Lipinski definition) is 12. The summed E-state index contributed by atoms with van der Waals surface area (Å²) in [4.78, 5) is 10.5. The molecule has 12 heteroatoms. The van der Waals surface area contributed by atoms with Crippen LogP contribution in [0, 0.1) is 11.8 Å². The molecule has 0 aromatic carbocycles. The zero-order chi connectivity index (χ0) is 37.5. The maximum Gasteiger partial charge on any atom is 0.000440 e. The molecule has 12 nitrogen and oxygen atoms in total. The number of hydrogen-bond donors (Lipinski definition) is 8. The maximum atomic E-state index is 5.90. The van der Waals surface area contributed by atoms with E-state index in [4.69, 9.17) is 34.4 Å². The Bertz CT molecular complexity index is 621. The van der Waals surface area contributed by atoms with Gasteiger partial charge in [0.1, 0.15) is 0 Å². The molecule has 0 aliphatic rings. The Morgan fingerprint density at radius 2 is 0.600 bits per heavy atom. The van der Waals surface area contributed by atoms with Crippen LogP contribution < -0.4 is 45.0 Å². The predicted octanol–water partition coefficient (Wildman–Crippen LogP) is 1.33. The molecule has 0 aromatic heterocycles. The van der Waals surface area contributed by atoms with Crippen molar-refractivity contribution in [3.63, 3.8) is 0 Å². The molecule has 0 saturated carbocycles. The first-order valence-corrected chi connectivity index (χ1v) is 20.8. The molecule has 0 rings (SSSR count). The minimum Gasteiger partial charge on any atom is -0.330 e. The standard InChI is InChI=1S/C34H81N11.C4H11N/c1-34(2)33-45(25-7-17-39)28-10-21-41-20-9-27-44(26-8-19-40-18-3-13-35)32-12-31-43(24-6-16-38)30-11-29-42(22-4-14-36)23-5-15-37;1-4(2)3-5/h34,40-41H,3-33,35-39H2,1-2H3;4H,3,5H2,1-2H3. The van der Waals surface area contributed by atoms with E-state index < -0.39 is 0 Å². The minimum absolute atomic E-state index is 0.662. The normalized spacial score (nSPS) is 12.0. The highest BCUT2D eigenvalue weighted by molar-refractivity contribution is 4.68. The summed E-state index contributed by atoms with van der Waals surface area (Å²) in [5.74, 6) is 1.36. The molecule has 0 unspecified atom stereocenters. The average molecular weight is 717 g/mol. The van der Waals surface area contributed by atoms with Gasteiger partial charge in [-0.1, -0.05) is 27.7 Å². The molecule has 0 bridgehead atoms. The van der Waals surface area contributed by atoms with Gasteiger partial charge in [-0.15, -0.1) is 0 Å². The van der Waals surface area contributed by atoms with Crippen LogP contribution >= 0.6 is 0 Å². The lowest BCUT2D eigenvalue weighted by Crippen LogP contribution is -2.36. The zero-order valence-corrected chi connectivity index (χ0v) is 34.0. The van der Waals surface area contributed by atoms with Gasteiger partial charge in [-0.2, -0.15) is 0 Å². The molecule has 0 spiro atoms. The molecule has 0 fully saturated rings. The van der Waals surface area contributed by atoms with Gasteiger partial charge in [-0.25, -0.2) is 0 Å². The molecule has 0 atom stereocenters. The molecular weight excluding hydrogens is 625 g/mol. The van der Waals surface area contributed by atoms with E-state index in [0.29, 0.717) is 11.8 Å². The van der Waals surface area contributed by atoms with Gasteiger partial charge in [0.2, 0.25) is 0 Å². The smallest absolute Gasteiger partial charge is 0.000440 e. The lowest BCUT2D eigenvalue weighted by molar-refractivity contribution is 0.204. The summed E-state index contributed by atoms with van der Waals surface area (Å²) in [7, 11) is 0. The van der Waals surface area contributed by atoms with Crippen LogP contribution in [0.25, 0.3) is 0 Å². The summed E-state index contributed by atoms with van der Waals surface area (Å²) >= 11 is 0. The van der Waals surface area contributed by atoms with E-state index in [1.165, 1.54) is 38.6 Å². The molecule has 50 heavy (non-hydrogen) atoms. The first kappa shape index (κ1) is 51.6. The van der Waals surface area contributed by atoms with Crippen LogP contribution in [0.3, 0.4) is 0 Å². The fraction of sp³-hybridized carbons (Fsp3) is 1.00. The summed E-state index contributed by atoms with van der Waals surface area (Å²) in [6, 6.07) is 0. The summed E-state index contributed by atoms with van der Waals surface area (Å²) in [5.41, 5.74) is 34.0. The molecule has 0 aromatic rings. The molecular formula is C38H92N12. The number of nitrogens with two attached hydrogens (primary N) is 6. The van der Waals surface area contributed by atoms with Gasteiger partial charge in [0, 0.05) is 6.54 Å². The van der Waals surface area contributed by atoms with E-state index in [2.05, 4.69) is 57.9 Å². The van der Waals surface area contributed by atoms with Gasteiger partial charge in [0.15, 0.2) is 0 Å². The second-order valence-corrected chi connectivity index (χ2v) is 14.8. The number of nitrogens with zero attached hydrogens (tertiary/aromatic N) is 4. The summed E-state index contributed by atoms with van der Waals surface area (Å²) in [6.07, 6.45) is 11.3. The van der Waals surface area contributed by atoms with Crippen LogP contribution in [0.2, 0.25) is 0 Å². The summed E-state index contributed by atoms with van der Waals surface area (Å²) in [5, 5.41) is 7.26. The monoisotopic (exact) mass is 717 g/mol. The zero-order valence-electron chi connectivity index (χ0n) is 34.0. The highest BCUT2D eigenvalue weighted by Gasteiger charge is 2.11. The number of rotatable bonds is 38. The Morgan fingerprint density at radius 1 is 0.340 bits per heavy atom. The van der Waals surface area contributed by atoms with Crippen molar-refractivity contribution < 1.29 is 0 Å². The SMILES string of the molecule is CC(C)CN.CC(C)CN(CCCN)CCCNCCCN(CCCNCCCN)CCCN(CCCN)CCCN(CCCN)CCCN. The average Bonchev–Trinajstić information content (AvgIpc) is 3.10. The van der Waals surface area contributed by atoms with Gasteiger partial charge in [0.25, 0.3) is 0 Å². The van der Waals surface area contributed by atoms with Crippen LogP contribution in [0.5, 0.6) is 0 Å². The van der Waals surface area contributed by atoms with Crippen LogP contribution in [-0.2, 0) is 0 Å². The fourth-order valence-corrected chi connectivity index (χ4v) is 5.87. The summed E-state index contributed by atoms with van der Waals surface area (Å²) in [6.45, 7) is 31.3. The van der Waals surface area contributed by atoms with Crippen molar-refractivity contribution in [3.8, 4) is 0 Å². The molecule has 0 saturated heterocycles. The Morgan fingerprint density at radius 3 is 0.900 bits per heavy atom. The van der Waals surface area contributed by atoms with Crippen molar-refractivity contribution in [1.29, 1.82) is 0 Å². The molecule has 0 radical (unpaired) electrons. The fourth-order valence-electron chi connectivity index (χ4n) is 5.87. The van der Waals surface area contributed by atoms with E-state index in [1.807, 2.05) is 0 Å². The Hall–Kier alpha value is -0.480. The minimum atomic E-state index is 0.662.